The third-order valence-corrected chi connectivity index (χ3v) is 15.1. The van der Waals surface area contributed by atoms with Gasteiger partial charge in [0.05, 0.1) is 11.4 Å². The molecule has 1 nitrogen and oxygen atoms in total. The smallest absolute Gasteiger partial charge is 0.0625 e. The highest BCUT2D eigenvalue weighted by molar-refractivity contribution is 7.26. The Morgan fingerprint density at radius 2 is 0.629 bits per heavy atom. The van der Waals surface area contributed by atoms with E-state index >= 15 is 0 Å². The second-order valence-electron chi connectivity index (χ2n) is 18.0. The maximum absolute atomic E-state index is 2.54. The van der Waals surface area contributed by atoms with E-state index in [1.54, 1.807) is 0 Å². The van der Waals surface area contributed by atoms with Gasteiger partial charge >= 0.3 is 0 Å². The number of rotatable bonds is 9. The molecule has 0 radical (unpaired) electrons. The van der Waals surface area contributed by atoms with Crippen molar-refractivity contribution in [1.29, 1.82) is 0 Å². The summed E-state index contributed by atoms with van der Waals surface area (Å²) in [6.45, 7) is 0. The predicted octanol–water partition coefficient (Wildman–Crippen LogP) is 19.8. The van der Waals surface area contributed by atoms with Crippen LogP contribution in [-0.2, 0) is 0 Å². The third kappa shape index (κ3) is 7.34. The van der Waals surface area contributed by atoms with Crippen LogP contribution in [0, 0.1) is 0 Å². The van der Waals surface area contributed by atoms with E-state index < -0.39 is 0 Å². The van der Waals surface area contributed by atoms with Gasteiger partial charge < -0.3 is 4.90 Å². The number of thiophene rings is 1. The molecule has 13 rings (SSSR count). The summed E-state index contributed by atoms with van der Waals surface area (Å²) in [6, 6.07) is 100. The molecule has 0 aliphatic rings. The maximum atomic E-state index is 2.54. The van der Waals surface area contributed by atoms with Crippen molar-refractivity contribution >= 4 is 70.1 Å². The molecule has 1 aromatic heterocycles. The van der Waals surface area contributed by atoms with Crippen LogP contribution in [0.5, 0.6) is 0 Å². The zero-order chi connectivity index (χ0) is 46.4. The Bertz CT molecular complexity index is 4000. The first-order chi connectivity index (χ1) is 34.7. The Labute approximate surface area is 412 Å². The van der Waals surface area contributed by atoms with Crippen LogP contribution >= 0.6 is 11.3 Å². The van der Waals surface area contributed by atoms with Crippen LogP contribution in [0.15, 0.2) is 273 Å². The Morgan fingerprint density at radius 1 is 0.243 bits per heavy atom. The summed E-state index contributed by atoms with van der Waals surface area (Å²) < 4.78 is 2.59. The summed E-state index contributed by atoms with van der Waals surface area (Å²) in [6.07, 6.45) is 0. The van der Waals surface area contributed by atoms with Gasteiger partial charge in [-0.25, -0.2) is 0 Å². The molecule has 0 aliphatic heterocycles. The fourth-order valence-electron chi connectivity index (χ4n) is 10.5. The van der Waals surface area contributed by atoms with Crippen molar-refractivity contribution in [1.82, 2.24) is 0 Å². The van der Waals surface area contributed by atoms with Gasteiger partial charge in [-0.15, -0.1) is 11.3 Å². The van der Waals surface area contributed by atoms with E-state index in [9.17, 15) is 0 Å². The van der Waals surface area contributed by atoms with Crippen molar-refractivity contribution in [3.05, 3.63) is 273 Å². The number of nitrogens with zero attached hydrogens (tertiary/aromatic N) is 1. The Morgan fingerprint density at radius 3 is 1.20 bits per heavy atom. The van der Waals surface area contributed by atoms with Crippen molar-refractivity contribution in [2.24, 2.45) is 0 Å². The monoisotopic (exact) mass is 907 g/mol. The van der Waals surface area contributed by atoms with Crippen LogP contribution < -0.4 is 4.90 Å². The molecular formula is C68H45NS. The fourth-order valence-corrected chi connectivity index (χ4v) is 11.7. The molecule has 0 atom stereocenters. The van der Waals surface area contributed by atoms with E-state index in [0.29, 0.717) is 0 Å². The van der Waals surface area contributed by atoms with Crippen molar-refractivity contribution in [2.75, 3.05) is 4.90 Å². The SMILES string of the molecule is c1ccc(-c2ccc(-c3ccc(-c4ccc(N(c5ccccc5-c5cccc6c5sc5ccccc56)c5c(-c6ccc(-c7ccccc7)cc6)c6ccccc6c6ccccc56)cc4)cc3)cc2)cc1. The third-order valence-electron chi connectivity index (χ3n) is 13.9. The molecule has 0 saturated heterocycles. The van der Waals surface area contributed by atoms with Gasteiger partial charge in [0.15, 0.2) is 0 Å². The minimum Gasteiger partial charge on any atom is -0.309 e. The molecule has 328 valence electrons. The summed E-state index contributed by atoms with van der Waals surface area (Å²) in [7, 11) is 0. The van der Waals surface area contributed by atoms with Crippen molar-refractivity contribution in [2.45, 2.75) is 0 Å². The maximum Gasteiger partial charge on any atom is 0.0625 e. The minimum atomic E-state index is 1.08. The first kappa shape index (κ1) is 41.4. The summed E-state index contributed by atoms with van der Waals surface area (Å²) >= 11 is 1.88. The molecule has 2 heteroatoms. The van der Waals surface area contributed by atoms with Gasteiger partial charge in [0.2, 0.25) is 0 Å². The zero-order valence-electron chi connectivity index (χ0n) is 38.3. The standard InChI is InChI=1S/C68H45NS/c1-3-16-46(17-4-1)48-30-32-50(33-31-48)51-34-36-52(37-35-51)53-42-44-55(45-43-53)69(64-28-13-11-22-58(64)62-26-15-27-63-59-23-12-14-29-65(59)70-68(62)63)67-61-25-10-8-21-57(61)56-20-7-9-24-60(56)66(67)54-40-38-49(39-41-54)47-18-5-2-6-19-47/h1-45H. The van der Waals surface area contributed by atoms with E-state index in [4.69, 9.17) is 0 Å². The number of hydrogen-bond acceptors (Lipinski definition) is 2. The molecule has 0 unspecified atom stereocenters. The molecule has 70 heavy (non-hydrogen) atoms. The van der Waals surface area contributed by atoms with Crippen molar-refractivity contribution < 1.29 is 0 Å². The van der Waals surface area contributed by atoms with E-state index in [1.807, 2.05) is 11.3 Å². The lowest BCUT2D eigenvalue weighted by molar-refractivity contribution is 1.30. The van der Waals surface area contributed by atoms with Crippen molar-refractivity contribution in [3.8, 4) is 66.8 Å². The van der Waals surface area contributed by atoms with Crippen LogP contribution in [0.2, 0.25) is 0 Å². The van der Waals surface area contributed by atoms with Gasteiger partial charge in [0.25, 0.3) is 0 Å². The zero-order valence-corrected chi connectivity index (χ0v) is 39.2. The highest BCUT2D eigenvalue weighted by Crippen LogP contribution is 2.52. The van der Waals surface area contributed by atoms with Crippen LogP contribution in [0.3, 0.4) is 0 Å². The number of fused-ring (bicyclic) bond motifs is 6. The molecule has 0 bridgehead atoms. The lowest BCUT2D eigenvalue weighted by atomic mass is 9.89. The van der Waals surface area contributed by atoms with Gasteiger partial charge in [-0.3, -0.25) is 0 Å². The van der Waals surface area contributed by atoms with E-state index in [0.717, 1.165) is 28.2 Å². The normalized spacial score (nSPS) is 11.4. The molecule has 1 heterocycles. The predicted molar refractivity (Wildman–Crippen MR) is 302 cm³/mol. The fraction of sp³-hybridized carbons (Fsp3) is 0. The number of para-hydroxylation sites is 1. The summed E-state index contributed by atoms with van der Waals surface area (Å²) in [5, 5.41) is 7.44. The Kier molecular flexibility index (Phi) is 10.5. The first-order valence-electron chi connectivity index (χ1n) is 24.0. The Hall–Kier alpha value is -8.82. The molecule has 13 aromatic rings. The summed E-state index contributed by atoms with van der Waals surface area (Å²) in [5.41, 5.74) is 17.7. The average Bonchev–Trinajstić information content (AvgIpc) is 3.83. The van der Waals surface area contributed by atoms with E-state index in [-0.39, 0.29) is 0 Å². The van der Waals surface area contributed by atoms with Crippen LogP contribution in [-0.4, -0.2) is 0 Å². The minimum absolute atomic E-state index is 1.08. The average molecular weight is 908 g/mol. The quantitative estimate of drug-likeness (QED) is 0.130. The first-order valence-corrected chi connectivity index (χ1v) is 24.8. The molecule has 0 amide bonds. The molecule has 0 saturated carbocycles. The largest absolute Gasteiger partial charge is 0.309 e. The van der Waals surface area contributed by atoms with Gasteiger partial charge in [-0.05, 0) is 90.5 Å². The lowest BCUT2D eigenvalue weighted by Crippen LogP contribution is -2.13. The second kappa shape index (κ2) is 17.7. The lowest BCUT2D eigenvalue weighted by Gasteiger charge is -2.32. The van der Waals surface area contributed by atoms with Gasteiger partial charge in [0.1, 0.15) is 0 Å². The van der Waals surface area contributed by atoms with Crippen LogP contribution in [0.4, 0.5) is 17.1 Å². The van der Waals surface area contributed by atoms with Crippen molar-refractivity contribution in [3.63, 3.8) is 0 Å². The molecule has 0 spiro atoms. The number of benzene rings is 12. The molecular weight excluding hydrogens is 863 g/mol. The summed E-state index contributed by atoms with van der Waals surface area (Å²) in [5.74, 6) is 0. The van der Waals surface area contributed by atoms with E-state index in [2.05, 4.69) is 278 Å². The van der Waals surface area contributed by atoms with Crippen LogP contribution in [0.25, 0.3) is 108 Å². The molecule has 12 aromatic carbocycles. The molecule has 0 N–H and O–H groups in total. The summed E-state index contributed by atoms with van der Waals surface area (Å²) in [4.78, 5) is 2.54. The number of anilines is 3. The highest BCUT2D eigenvalue weighted by Gasteiger charge is 2.26. The molecule has 0 fully saturated rings. The van der Waals surface area contributed by atoms with E-state index in [1.165, 1.54) is 97.4 Å². The Balaban J connectivity index is 0.999. The van der Waals surface area contributed by atoms with Gasteiger partial charge in [-0.2, -0.15) is 0 Å². The second-order valence-corrected chi connectivity index (χ2v) is 19.0. The highest BCUT2D eigenvalue weighted by atomic mass is 32.1. The number of hydrogen-bond donors (Lipinski definition) is 0. The molecule has 0 aliphatic carbocycles. The van der Waals surface area contributed by atoms with Gasteiger partial charge in [0, 0.05) is 47.9 Å². The van der Waals surface area contributed by atoms with Crippen LogP contribution in [0.1, 0.15) is 0 Å². The topological polar surface area (TPSA) is 3.24 Å². The van der Waals surface area contributed by atoms with Gasteiger partial charge in [-0.1, -0.05) is 249 Å².